The van der Waals surface area contributed by atoms with Crippen LogP contribution in [0.1, 0.15) is 0 Å². The van der Waals surface area contributed by atoms with Crippen molar-refractivity contribution in [2.75, 3.05) is 12.8 Å². The van der Waals surface area contributed by atoms with Gasteiger partial charge in [0.2, 0.25) is 5.88 Å². The van der Waals surface area contributed by atoms with Crippen molar-refractivity contribution in [3.63, 3.8) is 0 Å². The topological polar surface area (TPSA) is 74.4 Å². The maximum absolute atomic E-state index is 5.88. The fraction of sp³-hybridized carbons (Fsp3) is 0.0714. The van der Waals surface area contributed by atoms with Crippen LogP contribution >= 0.6 is 0 Å². The Kier molecular flexibility index (Phi) is 2.72. The number of hydrogen-bond acceptors (Lipinski definition) is 5. The van der Waals surface area contributed by atoms with E-state index in [0.717, 1.165) is 5.56 Å². The van der Waals surface area contributed by atoms with E-state index >= 15 is 0 Å². The van der Waals surface area contributed by atoms with Crippen molar-refractivity contribution in [1.29, 1.82) is 0 Å². The molecule has 1 aromatic carbocycles. The lowest BCUT2D eigenvalue weighted by Gasteiger charge is -2.07. The van der Waals surface area contributed by atoms with Crippen molar-refractivity contribution in [3.05, 3.63) is 42.7 Å². The molecule has 0 unspecified atom stereocenters. The predicted molar refractivity (Wildman–Crippen MR) is 70.6 cm³/mol. The van der Waals surface area contributed by atoms with E-state index in [2.05, 4.69) is 5.16 Å². The normalized spacial score (nSPS) is 10.6. The molecule has 0 saturated carbocycles. The summed E-state index contributed by atoms with van der Waals surface area (Å²) in [4.78, 5) is 0. The third kappa shape index (κ3) is 1.85. The first kappa shape index (κ1) is 11.4. The smallest absolute Gasteiger partial charge is 0.230 e. The molecule has 2 N–H and O–H groups in total. The Morgan fingerprint density at radius 1 is 1.16 bits per heavy atom. The number of rotatable bonds is 3. The van der Waals surface area contributed by atoms with Crippen molar-refractivity contribution in [1.82, 2.24) is 5.16 Å². The molecule has 0 aliphatic carbocycles. The first-order valence-electron chi connectivity index (χ1n) is 5.73. The standard InChI is InChI=1S/C14H12N2O3/c1-17-10-6-3-2-5-9(10)12-13(16-19-14(12)15)11-7-4-8-18-11/h2-8H,15H2,1H3. The van der Waals surface area contributed by atoms with E-state index < -0.39 is 0 Å². The Morgan fingerprint density at radius 2 is 2.00 bits per heavy atom. The third-order valence-corrected chi connectivity index (χ3v) is 2.85. The highest BCUT2D eigenvalue weighted by atomic mass is 16.5. The molecule has 0 spiro atoms. The second kappa shape index (κ2) is 4.53. The number of anilines is 1. The van der Waals surface area contributed by atoms with Crippen LogP contribution in [-0.2, 0) is 0 Å². The van der Waals surface area contributed by atoms with Crippen molar-refractivity contribution in [2.45, 2.75) is 0 Å². The number of ether oxygens (including phenoxy) is 1. The van der Waals surface area contributed by atoms with E-state index in [1.54, 1.807) is 25.5 Å². The van der Waals surface area contributed by atoms with E-state index in [0.29, 0.717) is 22.8 Å². The predicted octanol–water partition coefficient (Wildman–Crippen LogP) is 3.19. The molecule has 5 heteroatoms. The number of aromatic nitrogens is 1. The monoisotopic (exact) mass is 256 g/mol. The first-order chi connectivity index (χ1) is 9.31. The Bertz CT molecular complexity index is 687. The summed E-state index contributed by atoms with van der Waals surface area (Å²) in [6.45, 7) is 0. The molecule has 3 rings (SSSR count). The maximum atomic E-state index is 5.88. The van der Waals surface area contributed by atoms with Crippen LogP contribution in [0.4, 0.5) is 5.88 Å². The van der Waals surface area contributed by atoms with Gasteiger partial charge < -0.3 is 19.4 Å². The molecule has 0 fully saturated rings. The summed E-state index contributed by atoms with van der Waals surface area (Å²) in [5, 5.41) is 3.96. The number of nitrogens with zero attached hydrogens (tertiary/aromatic N) is 1. The SMILES string of the molecule is COc1ccccc1-c1c(-c2ccco2)noc1N. The molecule has 96 valence electrons. The molecule has 0 aliphatic rings. The molecular weight excluding hydrogens is 244 g/mol. The van der Waals surface area contributed by atoms with Gasteiger partial charge in [0.1, 0.15) is 5.75 Å². The second-order valence-electron chi connectivity index (χ2n) is 3.95. The van der Waals surface area contributed by atoms with Crippen LogP contribution in [0, 0.1) is 0 Å². The number of furan rings is 1. The van der Waals surface area contributed by atoms with Crippen molar-refractivity contribution < 1.29 is 13.7 Å². The van der Waals surface area contributed by atoms with Gasteiger partial charge >= 0.3 is 0 Å². The summed E-state index contributed by atoms with van der Waals surface area (Å²) < 4.78 is 15.8. The lowest BCUT2D eigenvalue weighted by atomic mass is 10.0. The van der Waals surface area contributed by atoms with Gasteiger partial charge in [-0.2, -0.15) is 0 Å². The van der Waals surface area contributed by atoms with Gasteiger partial charge in [0.15, 0.2) is 11.5 Å². The number of nitrogens with two attached hydrogens (primary N) is 1. The van der Waals surface area contributed by atoms with E-state index in [-0.39, 0.29) is 5.88 Å². The molecule has 0 saturated heterocycles. The van der Waals surface area contributed by atoms with Gasteiger partial charge in [0.25, 0.3) is 0 Å². The average Bonchev–Trinajstić information content (AvgIpc) is 3.07. The number of hydrogen-bond donors (Lipinski definition) is 1. The largest absolute Gasteiger partial charge is 0.496 e. The van der Waals surface area contributed by atoms with Gasteiger partial charge in [-0.05, 0) is 18.2 Å². The zero-order chi connectivity index (χ0) is 13.2. The average molecular weight is 256 g/mol. The van der Waals surface area contributed by atoms with Gasteiger partial charge in [-0.3, -0.25) is 0 Å². The van der Waals surface area contributed by atoms with Crippen LogP contribution in [0.15, 0.2) is 51.6 Å². The summed E-state index contributed by atoms with van der Waals surface area (Å²) in [5.41, 5.74) is 7.93. The minimum absolute atomic E-state index is 0.232. The molecule has 0 aliphatic heterocycles. The molecule has 0 atom stereocenters. The van der Waals surface area contributed by atoms with Crippen LogP contribution < -0.4 is 10.5 Å². The zero-order valence-electron chi connectivity index (χ0n) is 10.3. The molecule has 19 heavy (non-hydrogen) atoms. The summed E-state index contributed by atoms with van der Waals surface area (Å²) in [5.74, 6) is 1.53. The van der Waals surface area contributed by atoms with E-state index in [1.807, 2.05) is 24.3 Å². The summed E-state index contributed by atoms with van der Waals surface area (Å²) in [6, 6.07) is 11.1. The van der Waals surface area contributed by atoms with Crippen molar-refractivity contribution in [3.8, 4) is 28.3 Å². The summed E-state index contributed by atoms with van der Waals surface area (Å²) in [7, 11) is 1.61. The third-order valence-electron chi connectivity index (χ3n) is 2.85. The number of benzene rings is 1. The molecule has 5 nitrogen and oxygen atoms in total. The molecule has 0 bridgehead atoms. The fourth-order valence-corrected chi connectivity index (χ4v) is 2.00. The van der Waals surface area contributed by atoms with Crippen LogP contribution in [-0.4, -0.2) is 12.3 Å². The van der Waals surface area contributed by atoms with Crippen LogP contribution in [0.2, 0.25) is 0 Å². The zero-order valence-corrected chi connectivity index (χ0v) is 10.3. The van der Waals surface area contributed by atoms with Crippen LogP contribution in [0.25, 0.3) is 22.6 Å². The van der Waals surface area contributed by atoms with E-state index in [9.17, 15) is 0 Å². The fourth-order valence-electron chi connectivity index (χ4n) is 2.00. The van der Waals surface area contributed by atoms with Crippen molar-refractivity contribution in [2.24, 2.45) is 0 Å². The first-order valence-corrected chi connectivity index (χ1v) is 5.73. The molecular formula is C14H12N2O3. The maximum Gasteiger partial charge on any atom is 0.230 e. The van der Waals surface area contributed by atoms with Crippen LogP contribution in [0.3, 0.4) is 0 Å². The molecule has 2 heterocycles. The Balaban J connectivity index is 2.23. The Morgan fingerprint density at radius 3 is 2.74 bits per heavy atom. The minimum Gasteiger partial charge on any atom is -0.496 e. The number of nitrogen functional groups attached to an aromatic ring is 1. The highest BCUT2D eigenvalue weighted by Gasteiger charge is 2.21. The van der Waals surface area contributed by atoms with Gasteiger partial charge in [-0.1, -0.05) is 23.4 Å². The number of para-hydroxylation sites is 1. The quantitative estimate of drug-likeness (QED) is 0.778. The Hall–Kier alpha value is -2.69. The van der Waals surface area contributed by atoms with Gasteiger partial charge in [-0.25, -0.2) is 0 Å². The lowest BCUT2D eigenvalue weighted by molar-refractivity contribution is 0.416. The minimum atomic E-state index is 0.232. The van der Waals surface area contributed by atoms with Crippen molar-refractivity contribution >= 4 is 5.88 Å². The Labute approximate surface area is 109 Å². The molecule has 2 aromatic heterocycles. The van der Waals surface area contributed by atoms with Gasteiger partial charge in [-0.15, -0.1) is 0 Å². The van der Waals surface area contributed by atoms with E-state index in [1.165, 1.54) is 0 Å². The van der Waals surface area contributed by atoms with Crippen LogP contribution in [0.5, 0.6) is 5.75 Å². The highest BCUT2D eigenvalue weighted by molar-refractivity contribution is 5.88. The molecule has 0 amide bonds. The van der Waals surface area contributed by atoms with E-state index in [4.69, 9.17) is 19.4 Å². The highest BCUT2D eigenvalue weighted by Crippen LogP contribution is 2.40. The van der Waals surface area contributed by atoms with Gasteiger partial charge in [0.05, 0.1) is 18.9 Å². The summed E-state index contributed by atoms with van der Waals surface area (Å²) in [6.07, 6.45) is 1.58. The molecule has 0 radical (unpaired) electrons. The number of methoxy groups -OCH3 is 1. The molecule has 3 aromatic rings. The second-order valence-corrected chi connectivity index (χ2v) is 3.95. The van der Waals surface area contributed by atoms with Gasteiger partial charge in [0, 0.05) is 5.56 Å². The summed E-state index contributed by atoms with van der Waals surface area (Å²) >= 11 is 0. The lowest BCUT2D eigenvalue weighted by Crippen LogP contribution is -1.91.